The molecule has 2 radical (unpaired) electrons. The summed E-state index contributed by atoms with van der Waals surface area (Å²) in [6.45, 7) is 1.63. The van der Waals surface area contributed by atoms with Crippen LogP contribution >= 0.6 is 0 Å². The molecule has 3 heteroatoms. The summed E-state index contributed by atoms with van der Waals surface area (Å²) in [7, 11) is 9.58. The number of likely N-dealkylation sites (N-methyl/N-ethyl adjacent to an activating group) is 1. The molecule has 13 heavy (non-hydrogen) atoms. The zero-order valence-electron chi connectivity index (χ0n) is 8.16. The summed E-state index contributed by atoms with van der Waals surface area (Å²) in [5.74, 6) is 0.871. The number of ether oxygens (including phenoxy) is 1. The summed E-state index contributed by atoms with van der Waals surface area (Å²) in [6, 6.07) is 7.44. The third-order valence-electron chi connectivity index (χ3n) is 1.69. The fraction of sp³-hybridized carbons (Fsp3) is 0.400. The average Bonchev–Trinajstić information content (AvgIpc) is 2.08. The minimum atomic E-state index is 0.705. The molecule has 0 heterocycles. The molecule has 68 valence electrons. The Kier molecular flexibility index (Phi) is 3.84. The molecule has 0 fully saturated rings. The van der Waals surface area contributed by atoms with Gasteiger partial charge in [-0.3, -0.25) is 0 Å². The Bertz CT molecular complexity index is 246. The predicted molar refractivity (Wildman–Crippen MR) is 55.9 cm³/mol. The first-order chi connectivity index (χ1) is 6.18. The van der Waals surface area contributed by atoms with Crippen LogP contribution in [0.4, 0.5) is 0 Å². The van der Waals surface area contributed by atoms with Gasteiger partial charge >= 0.3 is 0 Å². The summed E-state index contributed by atoms with van der Waals surface area (Å²) in [4.78, 5) is 2.08. The Labute approximate surface area is 80.9 Å². The average molecular weight is 175 g/mol. The molecule has 1 aromatic carbocycles. The molecule has 1 aromatic rings. The van der Waals surface area contributed by atoms with Gasteiger partial charge in [-0.2, -0.15) is 0 Å². The first-order valence-electron chi connectivity index (χ1n) is 4.31. The molecule has 0 atom stereocenters. The van der Waals surface area contributed by atoms with Crippen LogP contribution in [0.5, 0.6) is 5.75 Å². The lowest BCUT2D eigenvalue weighted by molar-refractivity contribution is 0.261. The standard InChI is InChI=1S/C10H14BNO/c1-12(2)7-8-13-10-5-3-9(11)4-6-10/h3-6H,7-8H2,1-2H3. The van der Waals surface area contributed by atoms with E-state index in [4.69, 9.17) is 12.6 Å². The highest BCUT2D eigenvalue weighted by Gasteiger charge is 1.93. The van der Waals surface area contributed by atoms with Crippen LogP contribution in [0.1, 0.15) is 0 Å². The maximum Gasteiger partial charge on any atom is 0.119 e. The highest BCUT2D eigenvalue weighted by Crippen LogP contribution is 2.06. The third-order valence-corrected chi connectivity index (χ3v) is 1.69. The van der Waals surface area contributed by atoms with Gasteiger partial charge in [0, 0.05) is 6.54 Å². The molecule has 1 rings (SSSR count). The topological polar surface area (TPSA) is 12.5 Å². The second-order valence-electron chi connectivity index (χ2n) is 3.22. The van der Waals surface area contributed by atoms with Crippen LogP contribution < -0.4 is 10.2 Å². The largest absolute Gasteiger partial charge is 0.492 e. The summed E-state index contributed by atoms with van der Waals surface area (Å²) in [5.41, 5.74) is 0.764. The molecule has 0 saturated heterocycles. The van der Waals surface area contributed by atoms with Crippen molar-refractivity contribution in [2.24, 2.45) is 0 Å². The fourth-order valence-electron chi connectivity index (χ4n) is 0.910. The van der Waals surface area contributed by atoms with Gasteiger partial charge in [-0.05, 0) is 26.2 Å². The minimum Gasteiger partial charge on any atom is -0.492 e. The summed E-state index contributed by atoms with van der Waals surface area (Å²) in [5, 5.41) is 0. The monoisotopic (exact) mass is 175 g/mol. The number of nitrogens with zero attached hydrogens (tertiary/aromatic N) is 1. The van der Waals surface area contributed by atoms with Gasteiger partial charge in [0.15, 0.2) is 0 Å². The summed E-state index contributed by atoms with van der Waals surface area (Å²) >= 11 is 0. The van der Waals surface area contributed by atoms with Crippen LogP contribution in [-0.2, 0) is 0 Å². The lowest BCUT2D eigenvalue weighted by Gasteiger charge is -2.10. The van der Waals surface area contributed by atoms with E-state index >= 15 is 0 Å². The molecule has 0 unspecified atom stereocenters. The molecule has 0 N–H and O–H groups in total. The number of rotatable bonds is 4. The summed E-state index contributed by atoms with van der Waals surface area (Å²) in [6.07, 6.45) is 0. The van der Waals surface area contributed by atoms with Gasteiger partial charge in [0.05, 0.1) is 0 Å². The molecular formula is C10H14BNO. The maximum atomic E-state index is 5.54. The molecule has 0 aliphatic carbocycles. The Morgan fingerprint density at radius 1 is 1.23 bits per heavy atom. The van der Waals surface area contributed by atoms with Crippen LogP contribution in [0, 0.1) is 0 Å². The van der Waals surface area contributed by atoms with Gasteiger partial charge in [0.25, 0.3) is 0 Å². The van der Waals surface area contributed by atoms with Crippen molar-refractivity contribution in [2.75, 3.05) is 27.2 Å². The maximum absolute atomic E-state index is 5.54. The molecule has 0 bridgehead atoms. The molecular weight excluding hydrogens is 161 g/mol. The van der Waals surface area contributed by atoms with Crippen LogP contribution in [0.3, 0.4) is 0 Å². The molecule has 0 aliphatic heterocycles. The van der Waals surface area contributed by atoms with E-state index in [1.807, 2.05) is 38.4 Å². The number of hydrogen-bond donors (Lipinski definition) is 0. The van der Waals surface area contributed by atoms with Crippen LogP contribution in [0.2, 0.25) is 0 Å². The normalized spacial score (nSPS) is 10.4. The second-order valence-corrected chi connectivity index (χ2v) is 3.22. The van der Waals surface area contributed by atoms with E-state index in [0.29, 0.717) is 6.61 Å². The SMILES string of the molecule is [B]c1ccc(OCCN(C)C)cc1. The van der Waals surface area contributed by atoms with Crippen LogP contribution in [0.25, 0.3) is 0 Å². The Morgan fingerprint density at radius 2 is 1.85 bits per heavy atom. The van der Waals surface area contributed by atoms with E-state index in [0.717, 1.165) is 17.8 Å². The van der Waals surface area contributed by atoms with Crippen LogP contribution in [0.15, 0.2) is 24.3 Å². The zero-order chi connectivity index (χ0) is 9.68. The van der Waals surface area contributed by atoms with E-state index < -0.39 is 0 Å². The minimum absolute atomic E-state index is 0.705. The fourth-order valence-corrected chi connectivity index (χ4v) is 0.910. The van der Waals surface area contributed by atoms with Gasteiger partial charge < -0.3 is 9.64 Å². The van der Waals surface area contributed by atoms with Gasteiger partial charge in [0.2, 0.25) is 0 Å². The molecule has 2 nitrogen and oxygen atoms in total. The molecule has 0 amide bonds. The third kappa shape index (κ3) is 3.99. The van der Waals surface area contributed by atoms with E-state index in [1.165, 1.54) is 0 Å². The van der Waals surface area contributed by atoms with Crippen LogP contribution in [-0.4, -0.2) is 40.0 Å². The van der Waals surface area contributed by atoms with Gasteiger partial charge in [-0.25, -0.2) is 0 Å². The first kappa shape index (κ1) is 10.1. The van der Waals surface area contributed by atoms with Crippen molar-refractivity contribution in [1.29, 1.82) is 0 Å². The second kappa shape index (κ2) is 4.92. The van der Waals surface area contributed by atoms with E-state index in [9.17, 15) is 0 Å². The highest BCUT2D eigenvalue weighted by atomic mass is 16.5. The lowest BCUT2D eigenvalue weighted by atomic mass is 9.97. The van der Waals surface area contributed by atoms with Crippen molar-refractivity contribution in [3.8, 4) is 5.75 Å². The van der Waals surface area contributed by atoms with E-state index in [2.05, 4.69) is 4.90 Å². The van der Waals surface area contributed by atoms with Crippen molar-refractivity contribution < 1.29 is 4.74 Å². The number of hydrogen-bond acceptors (Lipinski definition) is 2. The molecule has 0 spiro atoms. The summed E-state index contributed by atoms with van der Waals surface area (Å²) < 4.78 is 5.47. The van der Waals surface area contributed by atoms with Crippen molar-refractivity contribution in [1.82, 2.24) is 4.90 Å². The zero-order valence-corrected chi connectivity index (χ0v) is 8.16. The Balaban J connectivity index is 2.33. The Hall–Kier alpha value is -0.955. The van der Waals surface area contributed by atoms with Crippen molar-refractivity contribution in [3.05, 3.63) is 24.3 Å². The highest BCUT2D eigenvalue weighted by molar-refractivity contribution is 6.32. The first-order valence-corrected chi connectivity index (χ1v) is 4.31. The Morgan fingerprint density at radius 3 is 2.38 bits per heavy atom. The van der Waals surface area contributed by atoms with E-state index in [1.54, 1.807) is 0 Å². The van der Waals surface area contributed by atoms with Gasteiger partial charge in [0.1, 0.15) is 20.2 Å². The van der Waals surface area contributed by atoms with Crippen molar-refractivity contribution >= 4 is 13.3 Å². The molecule has 0 saturated carbocycles. The predicted octanol–water partition coefficient (Wildman–Crippen LogP) is 0.421. The van der Waals surface area contributed by atoms with Crippen molar-refractivity contribution in [3.63, 3.8) is 0 Å². The quantitative estimate of drug-likeness (QED) is 0.615. The lowest BCUT2D eigenvalue weighted by Crippen LogP contribution is -2.19. The van der Waals surface area contributed by atoms with Gasteiger partial charge in [-0.1, -0.05) is 17.6 Å². The molecule has 0 aliphatic rings. The van der Waals surface area contributed by atoms with Crippen molar-refractivity contribution in [2.45, 2.75) is 0 Å². The number of benzene rings is 1. The smallest absolute Gasteiger partial charge is 0.119 e. The van der Waals surface area contributed by atoms with E-state index in [-0.39, 0.29) is 0 Å². The van der Waals surface area contributed by atoms with Gasteiger partial charge in [-0.15, -0.1) is 0 Å². The molecule has 0 aromatic heterocycles.